The smallest absolute Gasteiger partial charge is 0.262 e. The quantitative estimate of drug-likeness (QED) is 0.890. The molecule has 2 aromatic rings. The molecule has 1 aliphatic heterocycles. The van der Waals surface area contributed by atoms with Crippen LogP contribution in [0.15, 0.2) is 40.9 Å². The van der Waals surface area contributed by atoms with Crippen LogP contribution < -0.4 is 15.4 Å². The SMILES string of the molecule is Cc1cc(NCc2ccc3c(c2)NC(=O)CO3)ccc1Br. The maximum absolute atomic E-state index is 11.3. The monoisotopic (exact) mass is 346 g/mol. The van der Waals surface area contributed by atoms with E-state index in [0.29, 0.717) is 6.54 Å². The molecule has 1 amide bonds. The van der Waals surface area contributed by atoms with Gasteiger partial charge in [-0.3, -0.25) is 4.79 Å². The van der Waals surface area contributed by atoms with Crippen LogP contribution in [0.1, 0.15) is 11.1 Å². The number of carbonyl (C=O) groups is 1. The molecule has 0 saturated heterocycles. The fourth-order valence-corrected chi connectivity index (χ4v) is 2.45. The van der Waals surface area contributed by atoms with Gasteiger partial charge in [0.15, 0.2) is 6.61 Å². The Labute approximate surface area is 131 Å². The van der Waals surface area contributed by atoms with Crippen LogP contribution in [0, 0.1) is 6.92 Å². The van der Waals surface area contributed by atoms with Gasteiger partial charge in [-0.2, -0.15) is 0 Å². The van der Waals surface area contributed by atoms with Crippen molar-refractivity contribution < 1.29 is 9.53 Å². The maximum atomic E-state index is 11.3. The Morgan fingerprint density at radius 2 is 2.14 bits per heavy atom. The molecule has 1 heterocycles. The fourth-order valence-electron chi connectivity index (χ4n) is 2.20. The molecule has 0 radical (unpaired) electrons. The molecule has 2 N–H and O–H groups in total. The van der Waals surface area contributed by atoms with E-state index >= 15 is 0 Å². The molecule has 0 spiro atoms. The lowest BCUT2D eigenvalue weighted by Gasteiger charge is -2.18. The van der Waals surface area contributed by atoms with Gasteiger partial charge in [-0.05, 0) is 48.4 Å². The van der Waals surface area contributed by atoms with Crippen LogP contribution in [0.4, 0.5) is 11.4 Å². The first kappa shape index (κ1) is 13.9. The minimum atomic E-state index is -0.115. The van der Waals surface area contributed by atoms with Gasteiger partial charge < -0.3 is 15.4 Å². The number of benzene rings is 2. The van der Waals surface area contributed by atoms with Gasteiger partial charge in [-0.1, -0.05) is 22.0 Å². The Morgan fingerprint density at radius 1 is 1.29 bits per heavy atom. The summed E-state index contributed by atoms with van der Waals surface area (Å²) >= 11 is 3.49. The third-order valence-corrected chi connectivity index (χ3v) is 4.22. The Morgan fingerprint density at radius 3 is 2.95 bits per heavy atom. The zero-order chi connectivity index (χ0) is 14.8. The molecule has 4 nitrogen and oxygen atoms in total. The van der Waals surface area contributed by atoms with E-state index in [2.05, 4.69) is 39.6 Å². The molecule has 0 aromatic heterocycles. The fraction of sp³-hybridized carbons (Fsp3) is 0.188. The normalized spacial score (nSPS) is 13.1. The maximum Gasteiger partial charge on any atom is 0.262 e. The first-order chi connectivity index (χ1) is 10.1. The number of aryl methyl sites for hydroxylation is 1. The summed E-state index contributed by atoms with van der Waals surface area (Å²) in [5.74, 6) is 0.606. The lowest BCUT2D eigenvalue weighted by Crippen LogP contribution is -2.25. The Balaban J connectivity index is 1.72. The summed E-state index contributed by atoms with van der Waals surface area (Å²) in [5, 5.41) is 6.19. The highest BCUT2D eigenvalue weighted by atomic mass is 79.9. The van der Waals surface area contributed by atoms with Gasteiger partial charge in [0, 0.05) is 16.7 Å². The molecule has 0 aliphatic carbocycles. The largest absolute Gasteiger partial charge is 0.482 e. The third kappa shape index (κ3) is 3.19. The predicted octanol–water partition coefficient (Wildman–Crippen LogP) is 3.70. The number of nitrogens with one attached hydrogen (secondary N) is 2. The third-order valence-electron chi connectivity index (χ3n) is 3.33. The molecule has 2 aromatic carbocycles. The Hall–Kier alpha value is -2.01. The van der Waals surface area contributed by atoms with Crippen LogP contribution in [-0.2, 0) is 11.3 Å². The van der Waals surface area contributed by atoms with E-state index in [9.17, 15) is 4.79 Å². The lowest BCUT2D eigenvalue weighted by atomic mass is 10.1. The number of ether oxygens (including phenoxy) is 1. The molecule has 0 saturated carbocycles. The van der Waals surface area contributed by atoms with Crippen molar-refractivity contribution in [2.75, 3.05) is 17.2 Å². The van der Waals surface area contributed by atoms with Crippen molar-refractivity contribution in [3.63, 3.8) is 0 Å². The lowest BCUT2D eigenvalue weighted by molar-refractivity contribution is -0.118. The Kier molecular flexibility index (Phi) is 3.84. The first-order valence-electron chi connectivity index (χ1n) is 6.67. The zero-order valence-corrected chi connectivity index (χ0v) is 13.2. The second-order valence-corrected chi connectivity index (χ2v) is 5.84. The number of amides is 1. The molecule has 0 atom stereocenters. The average molecular weight is 347 g/mol. The second kappa shape index (κ2) is 5.77. The molecule has 0 bridgehead atoms. The molecular formula is C16H15BrN2O2. The van der Waals surface area contributed by atoms with Gasteiger partial charge in [-0.15, -0.1) is 0 Å². The highest BCUT2D eigenvalue weighted by Gasteiger charge is 2.15. The van der Waals surface area contributed by atoms with Crippen LogP contribution in [0.25, 0.3) is 0 Å². The number of rotatable bonds is 3. The van der Waals surface area contributed by atoms with Crippen LogP contribution in [0.3, 0.4) is 0 Å². The number of fused-ring (bicyclic) bond motifs is 1. The minimum Gasteiger partial charge on any atom is -0.482 e. The summed E-state index contributed by atoms with van der Waals surface area (Å²) in [4.78, 5) is 11.3. The molecule has 21 heavy (non-hydrogen) atoms. The highest BCUT2D eigenvalue weighted by molar-refractivity contribution is 9.10. The number of hydrogen-bond acceptors (Lipinski definition) is 3. The molecule has 1 aliphatic rings. The van der Waals surface area contributed by atoms with E-state index in [1.807, 2.05) is 30.3 Å². The molecule has 0 fully saturated rings. The topological polar surface area (TPSA) is 50.4 Å². The van der Waals surface area contributed by atoms with Gasteiger partial charge in [0.1, 0.15) is 5.75 Å². The zero-order valence-electron chi connectivity index (χ0n) is 11.6. The summed E-state index contributed by atoms with van der Waals surface area (Å²) in [6.07, 6.45) is 0. The number of hydrogen-bond donors (Lipinski definition) is 2. The first-order valence-corrected chi connectivity index (χ1v) is 7.47. The summed E-state index contributed by atoms with van der Waals surface area (Å²) in [5.41, 5.74) is 4.07. The highest BCUT2D eigenvalue weighted by Crippen LogP contribution is 2.29. The van der Waals surface area contributed by atoms with Crippen LogP contribution in [0.5, 0.6) is 5.75 Å². The van der Waals surface area contributed by atoms with Crippen molar-refractivity contribution in [1.82, 2.24) is 0 Å². The van der Waals surface area contributed by atoms with E-state index < -0.39 is 0 Å². The predicted molar refractivity (Wildman–Crippen MR) is 86.8 cm³/mol. The summed E-state index contributed by atoms with van der Waals surface area (Å²) < 4.78 is 6.44. The van der Waals surface area contributed by atoms with Crippen molar-refractivity contribution in [3.05, 3.63) is 52.0 Å². The van der Waals surface area contributed by atoms with E-state index in [1.54, 1.807) is 0 Å². The van der Waals surface area contributed by atoms with Crippen LogP contribution in [0.2, 0.25) is 0 Å². The summed E-state index contributed by atoms with van der Waals surface area (Å²) in [7, 11) is 0. The second-order valence-electron chi connectivity index (χ2n) is 4.98. The van der Waals surface area contributed by atoms with E-state index in [-0.39, 0.29) is 12.5 Å². The van der Waals surface area contributed by atoms with Crippen molar-refractivity contribution in [3.8, 4) is 5.75 Å². The van der Waals surface area contributed by atoms with Crippen LogP contribution in [-0.4, -0.2) is 12.5 Å². The molecule has 5 heteroatoms. The van der Waals surface area contributed by atoms with Crippen molar-refractivity contribution in [1.29, 1.82) is 0 Å². The molecule has 108 valence electrons. The average Bonchev–Trinajstić information content (AvgIpc) is 2.48. The summed E-state index contributed by atoms with van der Waals surface area (Å²) in [6.45, 7) is 2.83. The van der Waals surface area contributed by atoms with Crippen molar-refractivity contribution in [2.24, 2.45) is 0 Å². The molecular weight excluding hydrogens is 332 g/mol. The van der Waals surface area contributed by atoms with E-state index in [4.69, 9.17) is 4.74 Å². The summed E-state index contributed by atoms with van der Waals surface area (Å²) in [6, 6.07) is 12.0. The van der Waals surface area contributed by atoms with E-state index in [1.165, 1.54) is 5.56 Å². The molecule has 3 rings (SSSR count). The van der Waals surface area contributed by atoms with Crippen molar-refractivity contribution >= 4 is 33.2 Å². The Bertz CT molecular complexity index is 701. The van der Waals surface area contributed by atoms with Gasteiger partial charge in [0.2, 0.25) is 0 Å². The van der Waals surface area contributed by atoms with Crippen LogP contribution >= 0.6 is 15.9 Å². The van der Waals surface area contributed by atoms with Gasteiger partial charge >= 0.3 is 0 Å². The van der Waals surface area contributed by atoms with Crippen molar-refractivity contribution in [2.45, 2.75) is 13.5 Å². The minimum absolute atomic E-state index is 0.0861. The van der Waals surface area contributed by atoms with E-state index in [0.717, 1.165) is 27.2 Å². The van der Waals surface area contributed by atoms with Gasteiger partial charge in [-0.25, -0.2) is 0 Å². The molecule has 0 unspecified atom stereocenters. The number of carbonyl (C=O) groups excluding carboxylic acids is 1. The van der Waals surface area contributed by atoms with Gasteiger partial charge in [0.25, 0.3) is 5.91 Å². The number of halogens is 1. The number of anilines is 2. The van der Waals surface area contributed by atoms with Gasteiger partial charge in [0.05, 0.1) is 5.69 Å². The standard InChI is InChI=1S/C16H15BrN2O2/c1-10-6-12(3-4-13(10)17)18-8-11-2-5-15-14(7-11)19-16(20)9-21-15/h2-7,18H,8-9H2,1H3,(H,19,20).